The second-order valence-corrected chi connectivity index (χ2v) is 10.1. The number of rotatable bonds is 10. The van der Waals surface area contributed by atoms with E-state index in [-0.39, 0.29) is 35.0 Å². The zero-order chi connectivity index (χ0) is 25.6. The molecular weight excluding hydrogens is 430 g/mol. The van der Waals surface area contributed by atoms with Crippen LogP contribution in [0.4, 0.5) is 5.69 Å². The van der Waals surface area contributed by atoms with Crippen LogP contribution < -0.4 is 10.1 Å². The molecule has 1 unspecified atom stereocenters. The molecule has 0 saturated heterocycles. The molecule has 0 fully saturated rings. The SMILES string of the molecule is CCC(=O)c1ccc(C(CC(=O)Nc2cc(C(=O)O)ccc2C(C)(C)C)CC(C)C)c(OC)c1. The minimum Gasteiger partial charge on any atom is -0.496 e. The van der Waals surface area contributed by atoms with Crippen LogP contribution in [0, 0.1) is 5.92 Å². The number of methoxy groups -OCH3 is 1. The van der Waals surface area contributed by atoms with Crippen LogP contribution in [0.2, 0.25) is 0 Å². The van der Waals surface area contributed by atoms with Gasteiger partial charge in [-0.1, -0.05) is 59.7 Å². The Labute approximate surface area is 202 Å². The van der Waals surface area contributed by atoms with E-state index in [2.05, 4.69) is 19.2 Å². The first kappa shape index (κ1) is 27.1. The molecule has 0 aliphatic heterocycles. The summed E-state index contributed by atoms with van der Waals surface area (Å²) in [5, 5.41) is 12.4. The first-order chi connectivity index (χ1) is 15.9. The smallest absolute Gasteiger partial charge is 0.335 e. The van der Waals surface area contributed by atoms with Gasteiger partial charge in [0.15, 0.2) is 5.78 Å². The van der Waals surface area contributed by atoms with E-state index in [9.17, 15) is 19.5 Å². The highest BCUT2D eigenvalue weighted by Crippen LogP contribution is 2.36. The zero-order valence-corrected chi connectivity index (χ0v) is 21.3. The number of hydrogen-bond donors (Lipinski definition) is 2. The van der Waals surface area contributed by atoms with Gasteiger partial charge in [-0.15, -0.1) is 0 Å². The number of Topliss-reactive ketones (excluding diaryl/α,β-unsaturated/α-hetero) is 1. The molecule has 2 aromatic carbocycles. The van der Waals surface area contributed by atoms with Gasteiger partial charge in [-0.3, -0.25) is 9.59 Å². The number of hydrogen-bond acceptors (Lipinski definition) is 4. The normalized spacial score (nSPS) is 12.4. The van der Waals surface area contributed by atoms with Crippen LogP contribution in [0.15, 0.2) is 36.4 Å². The Bertz CT molecular complexity index is 1050. The fraction of sp³-hybridized carbons (Fsp3) is 0.464. The average Bonchev–Trinajstić information content (AvgIpc) is 2.76. The molecule has 1 amide bonds. The van der Waals surface area contributed by atoms with Crippen LogP contribution in [0.25, 0.3) is 0 Å². The van der Waals surface area contributed by atoms with Crippen molar-refractivity contribution in [3.05, 3.63) is 58.7 Å². The lowest BCUT2D eigenvalue weighted by Crippen LogP contribution is -2.21. The first-order valence-corrected chi connectivity index (χ1v) is 11.8. The van der Waals surface area contributed by atoms with E-state index in [0.29, 0.717) is 29.3 Å². The Morgan fingerprint density at radius 2 is 1.68 bits per heavy atom. The molecule has 2 aromatic rings. The van der Waals surface area contributed by atoms with E-state index >= 15 is 0 Å². The number of anilines is 1. The van der Waals surface area contributed by atoms with Gasteiger partial charge in [-0.05, 0) is 53.0 Å². The third kappa shape index (κ3) is 6.92. The number of ether oxygens (including phenoxy) is 1. The summed E-state index contributed by atoms with van der Waals surface area (Å²) in [5.74, 6) is -0.395. The largest absolute Gasteiger partial charge is 0.496 e. The predicted octanol–water partition coefficient (Wildman–Crippen LogP) is 6.44. The number of amides is 1. The van der Waals surface area contributed by atoms with E-state index in [1.165, 1.54) is 6.07 Å². The quantitative estimate of drug-likeness (QED) is 0.392. The molecule has 6 heteroatoms. The molecule has 184 valence electrons. The topological polar surface area (TPSA) is 92.7 Å². The van der Waals surface area contributed by atoms with E-state index in [0.717, 1.165) is 17.5 Å². The first-order valence-electron chi connectivity index (χ1n) is 11.8. The lowest BCUT2D eigenvalue weighted by Gasteiger charge is -2.25. The summed E-state index contributed by atoms with van der Waals surface area (Å²) in [7, 11) is 1.57. The molecule has 2 N–H and O–H groups in total. The molecule has 0 heterocycles. The molecule has 0 radical (unpaired) electrons. The monoisotopic (exact) mass is 467 g/mol. The van der Waals surface area contributed by atoms with Gasteiger partial charge in [0.1, 0.15) is 5.75 Å². The number of carbonyl (C=O) groups excluding carboxylic acids is 2. The summed E-state index contributed by atoms with van der Waals surface area (Å²) in [5.41, 5.74) is 2.70. The lowest BCUT2D eigenvalue weighted by molar-refractivity contribution is -0.116. The molecule has 2 rings (SSSR count). The van der Waals surface area contributed by atoms with E-state index in [1.807, 2.05) is 33.8 Å². The average molecular weight is 468 g/mol. The molecular formula is C28H37NO5. The standard InChI is InChI=1S/C28H37NO5/c1-8-24(30)18-9-11-21(25(15-18)34-7)20(13-17(2)3)16-26(31)29-23-14-19(27(32)33)10-12-22(23)28(4,5)6/h9-12,14-15,17,20H,8,13,16H2,1-7H3,(H,29,31)(H,32,33). The van der Waals surface area contributed by atoms with Crippen molar-refractivity contribution in [3.8, 4) is 5.75 Å². The molecule has 0 spiro atoms. The summed E-state index contributed by atoms with van der Waals surface area (Å²) in [6.45, 7) is 12.1. The summed E-state index contributed by atoms with van der Waals surface area (Å²) in [6.07, 6.45) is 1.37. The fourth-order valence-corrected chi connectivity index (χ4v) is 4.18. The molecule has 6 nitrogen and oxygen atoms in total. The maximum Gasteiger partial charge on any atom is 0.335 e. The van der Waals surface area contributed by atoms with Gasteiger partial charge in [0.25, 0.3) is 0 Å². The van der Waals surface area contributed by atoms with Gasteiger partial charge >= 0.3 is 5.97 Å². The van der Waals surface area contributed by atoms with Gasteiger partial charge in [-0.25, -0.2) is 4.79 Å². The number of aromatic carboxylic acids is 1. The van der Waals surface area contributed by atoms with Gasteiger partial charge in [0.05, 0.1) is 12.7 Å². The second-order valence-electron chi connectivity index (χ2n) is 10.1. The minimum absolute atomic E-state index is 0.0380. The molecule has 0 aromatic heterocycles. The van der Waals surface area contributed by atoms with Crippen molar-refractivity contribution in [2.75, 3.05) is 12.4 Å². The van der Waals surface area contributed by atoms with Gasteiger partial charge < -0.3 is 15.2 Å². The Balaban J connectivity index is 2.39. The van der Waals surface area contributed by atoms with Crippen LogP contribution in [-0.2, 0) is 10.2 Å². The highest BCUT2D eigenvalue weighted by Gasteiger charge is 2.25. The minimum atomic E-state index is -1.04. The number of carbonyl (C=O) groups is 3. The van der Waals surface area contributed by atoms with Crippen LogP contribution in [0.3, 0.4) is 0 Å². The molecule has 0 aliphatic carbocycles. The van der Waals surface area contributed by atoms with Crippen molar-refractivity contribution >= 4 is 23.3 Å². The van der Waals surface area contributed by atoms with Gasteiger partial charge in [0, 0.05) is 24.1 Å². The number of benzene rings is 2. The highest BCUT2D eigenvalue weighted by molar-refractivity contribution is 5.97. The Kier molecular flexibility index (Phi) is 9.02. The lowest BCUT2D eigenvalue weighted by atomic mass is 9.84. The summed E-state index contributed by atoms with van der Waals surface area (Å²) >= 11 is 0. The summed E-state index contributed by atoms with van der Waals surface area (Å²) < 4.78 is 5.60. The van der Waals surface area contributed by atoms with Crippen molar-refractivity contribution in [3.63, 3.8) is 0 Å². The Morgan fingerprint density at radius 3 is 2.21 bits per heavy atom. The molecule has 34 heavy (non-hydrogen) atoms. The van der Waals surface area contributed by atoms with Crippen LogP contribution >= 0.6 is 0 Å². The van der Waals surface area contributed by atoms with E-state index in [4.69, 9.17) is 4.74 Å². The zero-order valence-electron chi connectivity index (χ0n) is 21.3. The van der Waals surface area contributed by atoms with Crippen molar-refractivity contribution in [1.82, 2.24) is 0 Å². The van der Waals surface area contributed by atoms with Crippen LogP contribution in [0.1, 0.15) is 98.6 Å². The summed E-state index contributed by atoms with van der Waals surface area (Å²) in [6, 6.07) is 10.3. The number of carboxylic acids is 1. The second kappa shape index (κ2) is 11.3. The van der Waals surface area contributed by atoms with Crippen molar-refractivity contribution in [2.45, 2.75) is 72.1 Å². The Hall–Kier alpha value is -3.15. The van der Waals surface area contributed by atoms with Crippen molar-refractivity contribution < 1.29 is 24.2 Å². The fourth-order valence-electron chi connectivity index (χ4n) is 4.18. The molecule has 1 atom stereocenters. The maximum absolute atomic E-state index is 13.2. The predicted molar refractivity (Wildman–Crippen MR) is 135 cm³/mol. The summed E-state index contributed by atoms with van der Waals surface area (Å²) in [4.78, 5) is 36.9. The third-order valence-electron chi connectivity index (χ3n) is 5.85. The van der Waals surface area contributed by atoms with Gasteiger partial charge in [-0.2, -0.15) is 0 Å². The van der Waals surface area contributed by atoms with Gasteiger partial charge in [0.2, 0.25) is 5.91 Å². The van der Waals surface area contributed by atoms with Crippen LogP contribution in [-0.4, -0.2) is 29.9 Å². The highest BCUT2D eigenvalue weighted by atomic mass is 16.5. The molecule has 0 aliphatic rings. The maximum atomic E-state index is 13.2. The van der Waals surface area contributed by atoms with E-state index in [1.54, 1.807) is 31.4 Å². The number of nitrogens with one attached hydrogen (secondary N) is 1. The number of ketones is 1. The van der Waals surface area contributed by atoms with Crippen molar-refractivity contribution in [2.24, 2.45) is 5.92 Å². The number of carboxylic acid groups (broad SMARTS) is 1. The Morgan fingerprint density at radius 1 is 1.03 bits per heavy atom. The van der Waals surface area contributed by atoms with Crippen molar-refractivity contribution in [1.29, 1.82) is 0 Å². The molecule has 0 saturated carbocycles. The van der Waals surface area contributed by atoms with Crippen LogP contribution in [0.5, 0.6) is 5.75 Å². The molecule has 0 bridgehead atoms. The third-order valence-corrected chi connectivity index (χ3v) is 5.85. The van der Waals surface area contributed by atoms with E-state index < -0.39 is 5.97 Å².